The Morgan fingerprint density at radius 1 is 1.03 bits per heavy atom. The quantitative estimate of drug-likeness (QED) is 0.480. The summed E-state index contributed by atoms with van der Waals surface area (Å²) in [4.78, 5) is 12.3. The van der Waals surface area contributed by atoms with E-state index in [-0.39, 0.29) is 10.8 Å². The fourth-order valence-corrected chi connectivity index (χ4v) is 3.73. The number of hydrogen-bond acceptors (Lipinski definition) is 5. The van der Waals surface area contributed by atoms with Crippen molar-refractivity contribution in [3.05, 3.63) is 83.8 Å². The van der Waals surface area contributed by atoms with Crippen LogP contribution in [0.1, 0.15) is 28.1 Å². The molecule has 0 unspecified atom stereocenters. The van der Waals surface area contributed by atoms with Gasteiger partial charge in [-0.1, -0.05) is 17.7 Å². The summed E-state index contributed by atoms with van der Waals surface area (Å²) >= 11 is 0. The van der Waals surface area contributed by atoms with Gasteiger partial charge in [-0.25, -0.2) is 8.42 Å². The minimum Gasteiger partial charge on any atom is -0.467 e. The number of carbonyl (C=O) groups excluding carboxylic acids is 1. The van der Waals surface area contributed by atoms with Crippen molar-refractivity contribution in [1.82, 2.24) is 5.32 Å². The Balaban J connectivity index is 1.45. The van der Waals surface area contributed by atoms with Gasteiger partial charge in [-0.05, 0) is 61.9 Å². The van der Waals surface area contributed by atoms with Crippen LogP contribution in [0.5, 0.6) is 0 Å². The van der Waals surface area contributed by atoms with Crippen LogP contribution < -0.4 is 10.0 Å². The highest BCUT2D eigenvalue weighted by Gasteiger charge is 2.15. The van der Waals surface area contributed by atoms with Crippen molar-refractivity contribution in [1.29, 1.82) is 0 Å². The van der Waals surface area contributed by atoms with Crippen LogP contribution in [0, 0.1) is 6.92 Å². The first-order valence-corrected chi connectivity index (χ1v) is 11.0. The van der Waals surface area contributed by atoms with Crippen LogP contribution in [0.15, 0.2) is 76.2 Å². The largest absolute Gasteiger partial charge is 0.467 e. The molecule has 1 aromatic heterocycles. The van der Waals surface area contributed by atoms with E-state index in [9.17, 15) is 13.2 Å². The van der Waals surface area contributed by atoms with Crippen molar-refractivity contribution in [2.24, 2.45) is 0 Å². The van der Waals surface area contributed by atoms with Gasteiger partial charge in [0.25, 0.3) is 15.9 Å². The molecule has 158 valence electrons. The van der Waals surface area contributed by atoms with E-state index in [1.165, 1.54) is 24.3 Å². The summed E-state index contributed by atoms with van der Waals surface area (Å²) < 4.78 is 38.1. The summed E-state index contributed by atoms with van der Waals surface area (Å²) in [7, 11) is -3.72. The molecule has 0 atom stereocenters. The van der Waals surface area contributed by atoms with Crippen LogP contribution in [0.2, 0.25) is 0 Å². The van der Waals surface area contributed by atoms with Crippen molar-refractivity contribution in [3.63, 3.8) is 0 Å². The number of amides is 1. The average Bonchev–Trinajstić information content (AvgIpc) is 3.25. The number of furan rings is 1. The molecule has 0 aliphatic rings. The molecular weight excluding hydrogens is 404 g/mol. The SMILES string of the molecule is Cc1ccc(NS(=O)(=O)c2ccc(C(=O)NCCCOCc3ccco3)cc2)cc1. The summed E-state index contributed by atoms with van der Waals surface area (Å²) in [6, 6.07) is 16.5. The Labute approximate surface area is 176 Å². The second-order valence-electron chi connectivity index (χ2n) is 6.74. The summed E-state index contributed by atoms with van der Waals surface area (Å²) in [6.07, 6.45) is 2.24. The second-order valence-corrected chi connectivity index (χ2v) is 8.42. The molecule has 0 bridgehead atoms. The van der Waals surface area contributed by atoms with Crippen LogP contribution in [0.25, 0.3) is 0 Å². The first-order chi connectivity index (χ1) is 14.4. The lowest BCUT2D eigenvalue weighted by molar-refractivity contribution is 0.0917. The van der Waals surface area contributed by atoms with Gasteiger partial charge in [0.2, 0.25) is 0 Å². The van der Waals surface area contributed by atoms with E-state index in [4.69, 9.17) is 9.15 Å². The van der Waals surface area contributed by atoms with Crippen molar-refractivity contribution >= 4 is 21.6 Å². The molecule has 0 spiro atoms. The maximum atomic E-state index is 12.5. The number of aryl methyl sites for hydroxylation is 1. The minimum atomic E-state index is -3.72. The molecule has 1 amide bonds. The van der Waals surface area contributed by atoms with E-state index in [0.29, 0.717) is 37.4 Å². The number of hydrogen-bond donors (Lipinski definition) is 2. The highest BCUT2D eigenvalue weighted by Crippen LogP contribution is 2.17. The molecule has 0 saturated heterocycles. The minimum absolute atomic E-state index is 0.0888. The third kappa shape index (κ3) is 6.20. The molecule has 30 heavy (non-hydrogen) atoms. The third-order valence-electron chi connectivity index (χ3n) is 4.31. The average molecular weight is 429 g/mol. The maximum Gasteiger partial charge on any atom is 0.261 e. The Morgan fingerprint density at radius 2 is 1.77 bits per heavy atom. The Hall–Kier alpha value is -3.10. The predicted octanol–water partition coefficient (Wildman–Crippen LogP) is 3.73. The molecule has 0 fully saturated rings. The molecule has 8 heteroatoms. The van der Waals surface area contributed by atoms with Crippen LogP contribution in [-0.2, 0) is 21.4 Å². The van der Waals surface area contributed by atoms with Gasteiger partial charge in [0.05, 0.1) is 11.2 Å². The van der Waals surface area contributed by atoms with Crippen LogP contribution in [0.4, 0.5) is 5.69 Å². The van der Waals surface area contributed by atoms with Crippen LogP contribution in [-0.4, -0.2) is 27.5 Å². The van der Waals surface area contributed by atoms with Crippen molar-refractivity contribution < 1.29 is 22.4 Å². The van der Waals surface area contributed by atoms with Gasteiger partial charge in [-0.3, -0.25) is 9.52 Å². The monoisotopic (exact) mass is 428 g/mol. The van der Waals surface area contributed by atoms with E-state index in [1.54, 1.807) is 24.5 Å². The number of rotatable bonds is 10. The zero-order valence-electron chi connectivity index (χ0n) is 16.6. The molecule has 3 aromatic rings. The van der Waals surface area contributed by atoms with Gasteiger partial charge in [-0.15, -0.1) is 0 Å². The number of sulfonamides is 1. The van der Waals surface area contributed by atoms with Gasteiger partial charge in [0.15, 0.2) is 0 Å². The molecule has 0 aliphatic heterocycles. The fourth-order valence-electron chi connectivity index (χ4n) is 2.67. The van der Waals surface area contributed by atoms with E-state index in [1.807, 2.05) is 25.1 Å². The predicted molar refractivity (Wildman–Crippen MR) is 114 cm³/mol. The van der Waals surface area contributed by atoms with Gasteiger partial charge in [0, 0.05) is 24.4 Å². The lowest BCUT2D eigenvalue weighted by Crippen LogP contribution is -2.25. The summed E-state index contributed by atoms with van der Waals surface area (Å²) in [5, 5.41) is 2.79. The molecule has 2 aromatic carbocycles. The molecular formula is C22H24N2O5S. The number of nitrogens with one attached hydrogen (secondary N) is 2. The Kier molecular flexibility index (Phi) is 7.26. The summed E-state index contributed by atoms with van der Waals surface area (Å²) in [5.74, 6) is 0.488. The van der Waals surface area contributed by atoms with E-state index >= 15 is 0 Å². The maximum absolute atomic E-state index is 12.5. The van der Waals surface area contributed by atoms with E-state index in [2.05, 4.69) is 10.0 Å². The van der Waals surface area contributed by atoms with Gasteiger partial charge < -0.3 is 14.5 Å². The first kappa shape index (κ1) is 21.6. The number of ether oxygens (including phenoxy) is 1. The number of benzene rings is 2. The van der Waals surface area contributed by atoms with Gasteiger partial charge in [-0.2, -0.15) is 0 Å². The fraction of sp³-hybridized carbons (Fsp3) is 0.227. The molecule has 7 nitrogen and oxygen atoms in total. The van der Waals surface area contributed by atoms with Crippen molar-refractivity contribution in [3.8, 4) is 0 Å². The van der Waals surface area contributed by atoms with Gasteiger partial charge >= 0.3 is 0 Å². The van der Waals surface area contributed by atoms with Crippen LogP contribution in [0.3, 0.4) is 0 Å². The van der Waals surface area contributed by atoms with Gasteiger partial charge in [0.1, 0.15) is 12.4 Å². The third-order valence-corrected chi connectivity index (χ3v) is 5.70. The van der Waals surface area contributed by atoms with Crippen LogP contribution >= 0.6 is 0 Å². The lowest BCUT2D eigenvalue weighted by atomic mass is 10.2. The van der Waals surface area contributed by atoms with E-state index < -0.39 is 10.0 Å². The molecule has 3 rings (SSSR count). The smallest absolute Gasteiger partial charge is 0.261 e. The Morgan fingerprint density at radius 3 is 2.43 bits per heavy atom. The standard InChI is InChI=1S/C22H24N2O5S/c1-17-5-9-19(10-6-17)24-30(26,27)21-11-7-18(8-12-21)22(25)23-13-3-14-28-16-20-4-2-15-29-20/h2,4-12,15,24H,3,13-14,16H2,1H3,(H,23,25). The lowest BCUT2D eigenvalue weighted by Gasteiger charge is -2.09. The normalized spacial score (nSPS) is 11.2. The number of carbonyl (C=O) groups is 1. The summed E-state index contributed by atoms with van der Waals surface area (Å²) in [5.41, 5.74) is 1.91. The van der Waals surface area contributed by atoms with Crippen molar-refractivity contribution in [2.75, 3.05) is 17.9 Å². The topological polar surface area (TPSA) is 97.6 Å². The zero-order valence-corrected chi connectivity index (χ0v) is 17.4. The highest BCUT2D eigenvalue weighted by atomic mass is 32.2. The molecule has 0 radical (unpaired) electrons. The Bertz CT molecular complexity index is 1040. The molecule has 0 aliphatic carbocycles. The van der Waals surface area contributed by atoms with Crippen molar-refractivity contribution in [2.45, 2.75) is 24.8 Å². The number of anilines is 1. The first-order valence-electron chi connectivity index (χ1n) is 9.52. The zero-order chi connectivity index (χ0) is 21.4. The molecule has 0 saturated carbocycles. The second kappa shape index (κ2) is 10.1. The highest BCUT2D eigenvalue weighted by molar-refractivity contribution is 7.92. The molecule has 1 heterocycles. The molecule has 2 N–H and O–H groups in total. The summed E-state index contributed by atoms with van der Waals surface area (Å²) in [6.45, 7) is 3.26. The van der Waals surface area contributed by atoms with E-state index in [0.717, 1.165) is 11.3 Å².